The lowest BCUT2D eigenvalue weighted by molar-refractivity contribution is -0.147. The smallest absolute Gasteiger partial charge is 0.306 e. The van der Waals surface area contributed by atoms with Crippen molar-refractivity contribution in [3.63, 3.8) is 0 Å². The predicted octanol–water partition coefficient (Wildman–Crippen LogP) is 4.45. The number of para-hydroxylation sites is 1. The predicted molar refractivity (Wildman–Crippen MR) is 116 cm³/mol. The number of carbonyl (C=O) groups excluding carboxylic acids is 2. The molecule has 1 aliphatic heterocycles. The van der Waals surface area contributed by atoms with Crippen molar-refractivity contribution in [3.05, 3.63) is 47.5 Å². The molecule has 0 bridgehead atoms. The van der Waals surface area contributed by atoms with E-state index in [2.05, 4.69) is 10.3 Å². The van der Waals surface area contributed by atoms with Crippen LogP contribution >= 0.6 is 11.3 Å². The zero-order chi connectivity index (χ0) is 21.3. The Kier molecular flexibility index (Phi) is 5.23. The lowest BCUT2D eigenvalue weighted by Gasteiger charge is -2.21. The summed E-state index contributed by atoms with van der Waals surface area (Å²) in [6.45, 7) is -0.336. The van der Waals surface area contributed by atoms with Gasteiger partial charge in [0.15, 0.2) is 18.1 Å². The number of aromatic nitrogens is 1. The lowest BCUT2D eigenvalue weighted by atomic mass is 10.2. The van der Waals surface area contributed by atoms with E-state index in [1.54, 1.807) is 29.5 Å². The van der Waals surface area contributed by atoms with Crippen LogP contribution in [-0.4, -0.2) is 29.3 Å². The van der Waals surface area contributed by atoms with Crippen LogP contribution in [0.1, 0.15) is 37.1 Å². The van der Waals surface area contributed by atoms with Crippen LogP contribution in [-0.2, 0) is 20.7 Å². The van der Waals surface area contributed by atoms with E-state index in [4.69, 9.17) is 14.2 Å². The van der Waals surface area contributed by atoms with E-state index in [0.29, 0.717) is 23.6 Å². The monoisotopic (exact) mass is 438 g/mol. The first-order chi connectivity index (χ1) is 15.1. The normalized spacial score (nSPS) is 16.0. The summed E-state index contributed by atoms with van der Waals surface area (Å²) in [5, 5.41) is 3.61. The fourth-order valence-corrected chi connectivity index (χ4v) is 4.91. The van der Waals surface area contributed by atoms with E-state index in [1.807, 2.05) is 24.3 Å². The molecule has 1 aliphatic carbocycles. The third-order valence-corrected chi connectivity index (χ3v) is 6.53. The molecule has 2 aliphatic rings. The molecule has 1 aromatic heterocycles. The van der Waals surface area contributed by atoms with Gasteiger partial charge in [0.05, 0.1) is 21.6 Å². The number of rotatable bonds is 6. The van der Waals surface area contributed by atoms with Gasteiger partial charge in [-0.2, -0.15) is 0 Å². The molecule has 8 heteroatoms. The van der Waals surface area contributed by atoms with Gasteiger partial charge in [0.25, 0.3) is 11.7 Å². The number of esters is 1. The minimum Gasteiger partial charge on any atom is -0.456 e. The molecule has 0 saturated heterocycles. The van der Waals surface area contributed by atoms with E-state index in [9.17, 15) is 9.59 Å². The lowest BCUT2D eigenvalue weighted by Crippen LogP contribution is -2.34. The quantitative estimate of drug-likeness (QED) is 0.572. The number of amides is 1. The highest BCUT2D eigenvalue weighted by atomic mass is 32.1. The molecule has 5 rings (SSSR count). The van der Waals surface area contributed by atoms with Crippen LogP contribution in [0.25, 0.3) is 10.2 Å². The largest absolute Gasteiger partial charge is 0.456 e. The van der Waals surface area contributed by atoms with Crippen molar-refractivity contribution in [2.24, 2.45) is 0 Å². The van der Waals surface area contributed by atoms with Crippen molar-refractivity contribution in [2.45, 2.75) is 44.3 Å². The number of ether oxygens (including phenoxy) is 3. The van der Waals surface area contributed by atoms with Gasteiger partial charge in [-0.25, -0.2) is 4.98 Å². The molecule has 0 atom stereocenters. The van der Waals surface area contributed by atoms with E-state index >= 15 is 0 Å². The van der Waals surface area contributed by atoms with Crippen LogP contribution in [0.2, 0.25) is 0 Å². The molecule has 2 aromatic carbocycles. The fourth-order valence-electron chi connectivity index (χ4n) is 3.94. The molecule has 1 amide bonds. The van der Waals surface area contributed by atoms with Crippen molar-refractivity contribution in [1.82, 2.24) is 4.98 Å². The average Bonchev–Trinajstić information content (AvgIpc) is 3.48. The van der Waals surface area contributed by atoms with Gasteiger partial charge in [0, 0.05) is 31.0 Å². The van der Waals surface area contributed by atoms with Crippen molar-refractivity contribution < 1.29 is 23.8 Å². The maximum absolute atomic E-state index is 12.2. The highest BCUT2D eigenvalue weighted by molar-refractivity contribution is 7.18. The second-order valence-corrected chi connectivity index (χ2v) is 8.88. The van der Waals surface area contributed by atoms with Crippen LogP contribution in [0.5, 0.6) is 11.5 Å². The number of nitrogens with one attached hydrogen (secondary N) is 1. The van der Waals surface area contributed by atoms with Gasteiger partial charge in [-0.1, -0.05) is 12.1 Å². The highest BCUT2D eigenvalue weighted by Crippen LogP contribution is 2.47. The summed E-state index contributed by atoms with van der Waals surface area (Å²) in [6, 6.07) is 13.1. The number of anilines is 1. The SMILES string of the molecule is O=C(COC(=O)CCc1nc2ccccc2s1)Nc1ccc2c(c1)OC1(CCCC1)O2. The van der Waals surface area contributed by atoms with E-state index in [1.165, 1.54) is 0 Å². The van der Waals surface area contributed by atoms with Crippen molar-refractivity contribution in [2.75, 3.05) is 11.9 Å². The van der Waals surface area contributed by atoms with Gasteiger partial charge < -0.3 is 19.5 Å². The summed E-state index contributed by atoms with van der Waals surface area (Å²) in [5.74, 6) is -0.0382. The number of hydrogen-bond donors (Lipinski definition) is 1. The Morgan fingerprint density at radius 3 is 2.74 bits per heavy atom. The molecule has 1 saturated carbocycles. The summed E-state index contributed by atoms with van der Waals surface area (Å²) < 4.78 is 18.2. The van der Waals surface area contributed by atoms with Crippen molar-refractivity contribution in [3.8, 4) is 11.5 Å². The number of benzene rings is 2. The van der Waals surface area contributed by atoms with Crippen molar-refractivity contribution in [1.29, 1.82) is 0 Å². The molecule has 1 N–H and O–H groups in total. The molecule has 0 unspecified atom stereocenters. The summed E-state index contributed by atoms with van der Waals surface area (Å²) in [7, 11) is 0. The molecule has 0 radical (unpaired) electrons. The second-order valence-electron chi connectivity index (χ2n) is 7.77. The average molecular weight is 439 g/mol. The first-order valence-corrected chi connectivity index (χ1v) is 11.2. The van der Waals surface area contributed by atoms with Crippen LogP contribution < -0.4 is 14.8 Å². The molecule has 3 aromatic rings. The Morgan fingerprint density at radius 1 is 1.10 bits per heavy atom. The summed E-state index contributed by atoms with van der Waals surface area (Å²) in [6.07, 6.45) is 4.58. The van der Waals surface area contributed by atoms with Crippen LogP contribution in [0.15, 0.2) is 42.5 Å². The van der Waals surface area contributed by atoms with E-state index in [-0.39, 0.29) is 13.0 Å². The summed E-state index contributed by atoms with van der Waals surface area (Å²) >= 11 is 1.56. The highest BCUT2D eigenvalue weighted by Gasteiger charge is 2.44. The topological polar surface area (TPSA) is 86.8 Å². The van der Waals surface area contributed by atoms with Gasteiger partial charge in [-0.05, 0) is 37.1 Å². The number of fused-ring (bicyclic) bond motifs is 2. The first-order valence-electron chi connectivity index (χ1n) is 10.4. The Balaban J connectivity index is 1.09. The number of hydrogen-bond acceptors (Lipinski definition) is 7. The number of aryl methyl sites for hydroxylation is 1. The molecule has 31 heavy (non-hydrogen) atoms. The van der Waals surface area contributed by atoms with Gasteiger partial charge in [-0.15, -0.1) is 11.3 Å². The van der Waals surface area contributed by atoms with Gasteiger partial charge >= 0.3 is 5.97 Å². The fraction of sp³-hybridized carbons (Fsp3) is 0.348. The zero-order valence-corrected chi connectivity index (χ0v) is 17.7. The Morgan fingerprint density at radius 2 is 1.90 bits per heavy atom. The summed E-state index contributed by atoms with van der Waals surface area (Å²) in [5.41, 5.74) is 1.51. The maximum Gasteiger partial charge on any atom is 0.306 e. The molecular weight excluding hydrogens is 416 g/mol. The standard InChI is InChI=1S/C23H22N2O5S/c26-20(14-28-22(27)10-9-21-25-16-5-1-2-6-19(16)31-21)24-15-7-8-17-18(13-15)30-23(29-17)11-3-4-12-23/h1-2,5-8,13H,3-4,9-12,14H2,(H,24,26). The maximum atomic E-state index is 12.2. The Labute approximate surface area is 183 Å². The minimum atomic E-state index is -0.538. The number of nitrogens with zero attached hydrogens (tertiary/aromatic N) is 1. The van der Waals surface area contributed by atoms with Gasteiger partial charge in [0.2, 0.25) is 0 Å². The molecule has 1 spiro atoms. The third-order valence-electron chi connectivity index (χ3n) is 5.43. The third kappa shape index (κ3) is 4.34. The van der Waals surface area contributed by atoms with Crippen LogP contribution in [0, 0.1) is 0 Å². The summed E-state index contributed by atoms with van der Waals surface area (Å²) in [4.78, 5) is 28.7. The Bertz CT molecular complexity index is 1100. The Hall–Kier alpha value is -3.13. The van der Waals surface area contributed by atoms with E-state index in [0.717, 1.165) is 40.9 Å². The molecule has 7 nitrogen and oxygen atoms in total. The van der Waals surface area contributed by atoms with Crippen LogP contribution in [0.4, 0.5) is 5.69 Å². The first kappa shape index (κ1) is 19.8. The van der Waals surface area contributed by atoms with Crippen LogP contribution in [0.3, 0.4) is 0 Å². The van der Waals surface area contributed by atoms with Gasteiger partial charge in [-0.3, -0.25) is 9.59 Å². The second kappa shape index (κ2) is 8.19. The van der Waals surface area contributed by atoms with Crippen molar-refractivity contribution >= 4 is 39.1 Å². The molecular formula is C23H22N2O5S. The van der Waals surface area contributed by atoms with Gasteiger partial charge in [0.1, 0.15) is 0 Å². The number of carbonyl (C=O) groups is 2. The van der Waals surface area contributed by atoms with E-state index < -0.39 is 17.7 Å². The molecule has 2 heterocycles. The zero-order valence-electron chi connectivity index (χ0n) is 16.9. The molecule has 1 fully saturated rings. The molecule has 160 valence electrons. The minimum absolute atomic E-state index is 0.180. The number of thiazole rings is 1.